The number of guanidine groups is 1. The first-order valence-electron chi connectivity index (χ1n) is 9.52. The summed E-state index contributed by atoms with van der Waals surface area (Å²) in [6, 6.07) is 16.2. The van der Waals surface area contributed by atoms with Crippen molar-refractivity contribution < 1.29 is 18.4 Å². The van der Waals surface area contributed by atoms with Gasteiger partial charge in [0.25, 0.3) is 0 Å². The molecule has 0 amide bonds. The van der Waals surface area contributed by atoms with Gasteiger partial charge in [0.15, 0.2) is 5.96 Å². The minimum absolute atomic E-state index is 0. The molecule has 2 aromatic carbocycles. The SMILES string of the molecule is CCOC(=O)CN=C(N)Nc1cc(C(C)c2ccc(-c3ccccc3)c(F)c2)no1.Cl. The average Bonchev–Trinajstić information content (AvgIpc) is 3.21. The van der Waals surface area contributed by atoms with Crippen molar-refractivity contribution in [1.29, 1.82) is 0 Å². The highest BCUT2D eigenvalue weighted by Gasteiger charge is 2.16. The predicted octanol–water partition coefficient (Wildman–Crippen LogP) is 4.34. The zero-order chi connectivity index (χ0) is 21.5. The summed E-state index contributed by atoms with van der Waals surface area (Å²) < 4.78 is 24.7. The Labute approximate surface area is 185 Å². The third-order valence-corrected chi connectivity index (χ3v) is 4.49. The molecule has 1 aromatic heterocycles. The number of nitrogens with one attached hydrogen (secondary N) is 1. The number of hydrogen-bond acceptors (Lipinski definition) is 5. The van der Waals surface area contributed by atoms with Gasteiger partial charge in [-0.2, -0.15) is 0 Å². The van der Waals surface area contributed by atoms with Gasteiger partial charge in [0, 0.05) is 17.5 Å². The van der Waals surface area contributed by atoms with Gasteiger partial charge >= 0.3 is 5.97 Å². The Kier molecular flexibility index (Phi) is 8.57. The highest BCUT2D eigenvalue weighted by molar-refractivity contribution is 5.92. The number of carbonyl (C=O) groups is 1. The Bertz CT molecular complexity index is 1040. The maximum absolute atomic E-state index is 14.7. The molecule has 3 N–H and O–H groups in total. The number of nitrogens with zero attached hydrogens (tertiary/aromatic N) is 2. The van der Waals surface area contributed by atoms with Crippen LogP contribution >= 0.6 is 12.4 Å². The molecule has 3 rings (SSSR count). The maximum Gasteiger partial charge on any atom is 0.327 e. The molecule has 31 heavy (non-hydrogen) atoms. The van der Waals surface area contributed by atoms with E-state index in [1.165, 1.54) is 6.07 Å². The molecule has 1 heterocycles. The van der Waals surface area contributed by atoms with Gasteiger partial charge in [-0.05, 0) is 24.1 Å². The van der Waals surface area contributed by atoms with Crippen LogP contribution in [-0.2, 0) is 9.53 Å². The van der Waals surface area contributed by atoms with Gasteiger partial charge in [-0.15, -0.1) is 12.4 Å². The van der Waals surface area contributed by atoms with Gasteiger partial charge in [-0.25, -0.2) is 9.38 Å². The molecule has 0 aliphatic carbocycles. The van der Waals surface area contributed by atoms with Crippen molar-refractivity contribution in [2.75, 3.05) is 18.5 Å². The lowest BCUT2D eigenvalue weighted by molar-refractivity contribution is -0.141. The summed E-state index contributed by atoms with van der Waals surface area (Å²) in [6.07, 6.45) is 0. The van der Waals surface area contributed by atoms with Gasteiger partial charge in [0.1, 0.15) is 12.4 Å². The molecule has 1 unspecified atom stereocenters. The van der Waals surface area contributed by atoms with Crippen molar-refractivity contribution in [3.8, 4) is 11.1 Å². The summed E-state index contributed by atoms with van der Waals surface area (Å²) in [5.41, 5.74) is 8.45. The molecule has 9 heteroatoms. The van der Waals surface area contributed by atoms with E-state index >= 15 is 0 Å². The summed E-state index contributed by atoms with van der Waals surface area (Å²) in [4.78, 5) is 15.2. The second kappa shape index (κ2) is 11.1. The fourth-order valence-electron chi connectivity index (χ4n) is 2.90. The van der Waals surface area contributed by atoms with Crippen LogP contribution in [-0.4, -0.2) is 30.2 Å². The number of ether oxygens (including phenoxy) is 1. The van der Waals surface area contributed by atoms with Gasteiger partial charge in [0.05, 0.1) is 12.3 Å². The smallest absolute Gasteiger partial charge is 0.327 e. The Balaban J connectivity index is 0.00000341. The number of esters is 1. The first-order valence-corrected chi connectivity index (χ1v) is 9.52. The minimum Gasteiger partial charge on any atom is -0.465 e. The van der Waals surface area contributed by atoms with Crippen molar-refractivity contribution in [1.82, 2.24) is 5.16 Å². The van der Waals surface area contributed by atoms with Crippen LogP contribution in [0.5, 0.6) is 0 Å². The van der Waals surface area contributed by atoms with E-state index in [2.05, 4.69) is 15.5 Å². The number of aromatic nitrogens is 1. The van der Waals surface area contributed by atoms with E-state index in [-0.39, 0.29) is 49.1 Å². The van der Waals surface area contributed by atoms with E-state index in [4.69, 9.17) is 15.0 Å². The summed E-state index contributed by atoms with van der Waals surface area (Å²) in [5.74, 6) is -0.723. The molecule has 0 aliphatic rings. The van der Waals surface area contributed by atoms with Crippen LogP contribution in [0, 0.1) is 5.82 Å². The Morgan fingerprint density at radius 3 is 2.68 bits per heavy atom. The molecule has 0 aliphatic heterocycles. The highest BCUT2D eigenvalue weighted by atomic mass is 35.5. The Morgan fingerprint density at radius 2 is 2.00 bits per heavy atom. The molecule has 0 bridgehead atoms. The number of carbonyl (C=O) groups excluding carboxylic acids is 1. The Hall–Kier alpha value is -3.39. The number of rotatable bonds is 7. The van der Waals surface area contributed by atoms with Crippen LogP contribution in [0.15, 0.2) is 64.1 Å². The van der Waals surface area contributed by atoms with Gasteiger partial charge in [-0.3, -0.25) is 10.1 Å². The van der Waals surface area contributed by atoms with Crippen LogP contribution in [0.2, 0.25) is 0 Å². The van der Waals surface area contributed by atoms with E-state index in [0.29, 0.717) is 11.3 Å². The van der Waals surface area contributed by atoms with E-state index in [1.54, 1.807) is 19.1 Å². The minimum atomic E-state index is -0.477. The largest absolute Gasteiger partial charge is 0.465 e. The standard InChI is InChI=1S/C22H23FN4O3.ClH/c1-3-29-21(28)13-25-22(24)26-20-12-19(27-30-20)14(2)16-9-10-17(18(23)11-16)15-7-5-4-6-8-15;/h4-12,14H,3,13H2,1-2H3,(H3,24,25,26);1H. The third-order valence-electron chi connectivity index (χ3n) is 4.49. The molecule has 0 spiro atoms. The zero-order valence-electron chi connectivity index (χ0n) is 17.2. The number of halogens is 2. The quantitative estimate of drug-likeness (QED) is 0.318. The number of aliphatic imine (C=N–C) groups is 1. The summed E-state index contributed by atoms with van der Waals surface area (Å²) in [6.45, 7) is 3.69. The lowest BCUT2D eigenvalue weighted by Gasteiger charge is -2.11. The van der Waals surface area contributed by atoms with Gasteiger partial charge < -0.3 is 15.0 Å². The van der Waals surface area contributed by atoms with Crippen LogP contribution in [0.3, 0.4) is 0 Å². The molecule has 3 aromatic rings. The van der Waals surface area contributed by atoms with Gasteiger partial charge in [-0.1, -0.05) is 54.5 Å². The summed E-state index contributed by atoms with van der Waals surface area (Å²) in [7, 11) is 0. The predicted molar refractivity (Wildman–Crippen MR) is 120 cm³/mol. The molecule has 0 saturated carbocycles. The average molecular weight is 447 g/mol. The van der Waals surface area contributed by atoms with E-state index < -0.39 is 5.97 Å². The topological polar surface area (TPSA) is 103 Å². The molecule has 1 atom stereocenters. The van der Waals surface area contributed by atoms with Crippen LogP contribution in [0.4, 0.5) is 10.3 Å². The first-order chi connectivity index (χ1) is 14.5. The normalized spacial score (nSPS) is 12.0. The molecule has 0 radical (unpaired) electrons. The third kappa shape index (κ3) is 6.29. The fraction of sp³-hybridized carbons (Fsp3) is 0.227. The molecule has 164 valence electrons. The fourth-order valence-corrected chi connectivity index (χ4v) is 2.90. The number of benzene rings is 2. The van der Waals surface area contributed by atoms with Crippen LogP contribution in [0.1, 0.15) is 31.0 Å². The van der Waals surface area contributed by atoms with Crippen LogP contribution < -0.4 is 11.1 Å². The monoisotopic (exact) mass is 446 g/mol. The lowest BCUT2D eigenvalue weighted by atomic mass is 9.95. The maximum atomic E-state index is 14.7. The molecule has 7 nitrogen and oxygen atoms in total. The van der Waals surface area contributed by atoms with Crippen molar-refractivity contribution in [2.45, 2.75) is 19.8 Å². The second-order valence-corrected chi connectivity index (χ2v) is 6.57. The molecule has 0 saturated heterocycles. The molecule has 0 fully saturated rings. The number of anilines is 1. The lowest BCUT2D eigenvalue weighted by Crippen LogP contribution is -2.24. The zero-order valence-corrected chi connectivity index (χ0v) is 18.0. The number of hydrogen-bond donors (Lipinski definition) is 2. The number of nitrogens with two attached hydrogens (primary N) is 1. The van der Waals surface area contributed by atoms with Gasteiger partial charge in [0.2, 0.25) is 5.88 Å². The van der Waals surface area contributed by atoms with Crippen molar-refractivity contribution >= 4 is 30.2 Å². The van der Waals surface area contributed by atoms with Crippen molar-refractivity contribution in [2.24, 2.45) is 10.7 Å². The Morgan fingerprint density at radius 1 is 1.26 bits per heavy atom. The van der Waals surface area contributed by atoms with Crippen LogP contribution in [0.25, 0.3) is 11.1 Å². The summed E-state index contributed by atoms with van der Waals surface area (Å²) in [5, 5.41) is 6.74. The van der Waals surface area contributed by atoms with Crippen molar-refractivity contribution in [3.05, 3.63) is 71.7 Å². The second-order valence-electron chi connectivity index (χ2n) is 6.57. The van der Waals surface area contributed by atoms with Crippen molar-refractivity contribution in [3.63, 3.8) is 0 Å². The first kappa shape index (κ1) is 23.9. The van der Waals surface area contributed by atoms with E-state index in [0.717, 1.165) is 11.1 Å². The molecular formula is C22H24ClFN4O3. The van der Waals surface area contributed by atoms with E-state index in [9.17, 15) is 9.18 Å². The highest BCUT2D eigenvalue weighted by Crippen LogP contribution is 2.29. The van der Waals surface area contributed by atoms with E-state index in [1.807, 2.05) is 43.3 Å². The molecular weight excluding hydrogens is 423 g/mol. The summed E-state index contributed by atoms with van der Waals surface area (Å²) >= 11 is 0.